The van der Waals surface area contributed by atoms with Crippen LogP contribution in [0.5, 0.6) is 0 Å². The van der Waals surface area contributed by atoms with Crippen LogP contribution in [0.25, 0.3) is 0 Å². The van der Waals surface area contributed by atoms with E-state index in [4.69, 9.17) is 4.42 Å². The summed E-state index contributed by atoms with van der Waals surface area (Å²) in [4.78, 5) is 10.7. The Bertz CT molecular complexity index is 719. The van der Waals surface area contributed by atoms with Gasteiger partial charge in [-0.2, -0.15) is 0 Å². The number of hydrogen-bond acceptors (Lipinski definition) is 4. The monoisotopic (exact) mass is 471 g/mol. The first-order valence-electron chi connectivity index (χ1n) is 8.45. The van der Waals surface area contributed by atoms with Crippen LogP contribution < -0.4 is 15.5 Å². The number of rotatable bonds is 5. The lowest BCUT2D eigenvalue weighted by Gasteiger charge is -2.15. The van der Waals surface area contributed by atoms with Crippen LogP contribution in [-0.2, 0) is 18.5 Å². The number of anilines is 1. The lowest BCUT2D eigenvalue weighted by atomic mass is 9.94. The predicted octanol–water partition coefficient (Wildman–Crippen LogP) is 3.52. The Morgan fingerprint density at radius 1 is 1.19 bits per heavy atom. The molecule has 6 nitrogen and oxygen atoms in total. The van der Waals surface area contributed by atoms with Crippen LogP contribution in [0.15, 0.2) is 39.9 Å². The molecule has 0 amide bonds. The molecule has 0 saturated carbocycles. The van der Waals surface area contributed by atoms with Crippen LogP contribution in [-0.4, -0.2) is 32.1 Å². The number of aromatic nitrogens is 1. The third kappa shape index (κ3) is 6.51. The third-order valence-corrected chi connectivity index (χ3v) is 3.81. The Morgan fingerprint density at radius 3 is 2.46 bits per heavy atom. The normalized spacial score (nSPS) is 11.7. The molecule has 144 valence electrons. The number of nitrogens with one attached hydrogen (secondary N) is 2. The van der Waals surface area contributed by atoms with Crippen molar-refractivity contribution in [1.82, 2.24) is 15.6 Å². The van der Waals surface area contributed by atoms with Crippen LogP contribution >= 0.6 is 24.0 Å². The molecule has 2 N–H and O–H groups in total. The molecule has 0 fully saturated rings. The van der Waals surface area contributed by atoms with Crippen LogP contribution in [0, 0.1) is 0 Å². The summed E-state index contributed by atoms with van der Waals surface area (Å²) < 4.78 is 5.79. The summed E-state index contributed by atoms with van der Waals surface area (Å²) in [6.45, 7) is 7.50. The third-order valence-electron chi connectivity index (χ3n) is 3.81. The first kappa shape index (κ1) is 22.3. The summed E-state index contributed by atoms with van der Waals surface area (Å²) in [6, 6.07) is 8.40. The number of aliphatic imine (C=N–C) groups is 1. The molecule has 0 aliphatic heterocycles. The fourth-order valence-electron chi connectivity index (χ4n) is 2.25. The van der Waals surface area contributed by atoms with Gasteiger partial charge in [-0.15, -0.1) is 24.0 Å². The van der Waals surface area contributed by atoms with Gasteiger partial charge in [0.2, 0.25) is 5.89 Å². The van der Waals surface area contributed by atoms with Crippen molar-refractivity contribution in [2.75, 3.05) is 26.0 Å². The molecule has 26 heavy (non-hydrogen) atoms. The summed E-state index contributed by atoms with van der Waals surface area (Å²) in [5, 5.41) is 6.54. The average molecular weight is 471 g/mol. The molecular weight excluding hydrogens is 441 g/mol. The lowest BCUT2D eigenvalue weighted by molar-refractivity contribution is 0.379. The molecule has 1 heterocycles. The molecule has 2 rings (SSSR count). The van der Waals surface area contributed by atoms with Crippen molar-refractivity contribution in [1.29, 1.82) is 0 Å². The summed E-state index contributed by atoms with van der Waals surface area (Å²) in [6.07, 6.45) is 1.79. The Balaban J connectivity index is 0.00000338. The predicted molar refractivity (Wildman–Crippen MR) is 118 cm³/mol. The zero-order valence-corrected chi connectivity index (χ0v) is 18.8. The largest absolute Gasteiger partial charge is 0.443 e. The SMILES string of the molecule is CN=C(NCc1cccc(N(C)C)c1)NCc1ncc(C(C)(C)C)o1.I. The van der Waals surface area contributed by atoms with Gasteiger partial charge in [-0.25, -0.2) is 4.98 Å². The molecule has 0 aliphatic carbocycles. The van der Waals surface area contributed by atoms with Gasteiger partial charge in [0.05, 0.1) is 12.7 Å². The zero-order chi connectivity index (χ0) is 18.4. The highest BCUT2D eigenvalue weighted by molar-refractivity contribution is 14.0. The fraction of sp³-hybridized carbons (Fsp3) is 0.474. The molecule has 7 heteroatoms. The van der Waals surface area contributed by atoms with Crippen LogP contribution in [0.4, 0.5) is 5.69 Å². The van der Waals surface area contributed by atoms with Crippen molar-refractivity contribution in [2.45, 2.75) is 39.3 Å². The second kappa shape index (κ2) is 9.80. The molecule has 0 radical (unpaired) electrons. The van der Waals surface area contributed by atoms with E-state index in [1.54, 1.807) is 13.2 Å². The van der Waals surface area contributed by atoms with Crippen LogP contribution in [0.2, 0.25) is 0 Å². The minimum absolute atomic E-state index is 0. The van der Waals surface area contributed by atoms with Gasteiger partial charge in [0.15, 0.2) is 5.96 Å². The summed E-state index contributed by atoms with van der Waals surface area (Å²) in [5.74, 6) is 2.25. The molecular formula is C19H30IN5O. The Labute approximate surface area is 173 Å². The van der Waals surface area contributed by atoms with Gasteiger partial charge in [0.25, 0.3) is 0 Å². The van der Waals surface area contributed by atoms with E-state index in [0.29, 0.717) is 24.9 Å². The van der Waals surface area contributed by atoms with Crippen LogP contribution in [0.3, 0.4) is 0 Å². The van der Waals surface area contributed by atoms with Gasteiger partial charge in [0.1, 0.15) is 5.76 Å². The number of halogens is 1. The number of oxazole rings is 1. The number of benzene rings is 1. The van der Waals surface area contributed by atoms with Crippen molar-refractivity contribution < 1.29 is 4.42 Å². The van der Waals surface area contributed by atoms with Gasteiger partial charge in [-0.1, -0.05) is 32.9 Å². The second-order valence-corrected chi connectivity index (χ2v) is 7.21. The molecule has 2 aromatic rings. The molecule has 1 aromatic heterocycles. The molecule has 0 aliphatic rings. The molecule has 0 atom stereocenters. The van der Waals surface area contributed by atoms with Crippen molar-refractivity contribution in [3.63, 3.8) is 0 Å². The highest BCUT2D eigenvalue weighted by atomic mass is 127. The maximum Gasteiger partial charge on any atom is 0.213 e. The highest BCUT2D eigenvalue weighted by Crippen LogP contribution is 2.22. The zero-order valence-electron chi connectivity index (χ0n) is 16.5. The fourth-order valence-corrected chi connectivity index (χ4v) is 2.25. The Morgan fingerprint density at radius 2 is 1.88 bits per heavy atom. The number of hydrogen-bond donors (Lipinski definition) is 2. The number of guanidine groups is 1. The van der Waals surface area contributed by atoms with E-state index in [-0.39, 0.29) is 29.4 Å². The van der Waals surface area contributed by atoms with E-state index in [1.807, 2.05) is 14.1 Å². The minimum atomic E-state index is -0.0391. The van der Waals surface area contributed by atoms with Gasteiger partial charge < -0.3 is 20.0 Å². The Kier molecular flexibility index (Phi) is 8.39. The van der Waals surface area contributed by atoms with E-state index < -0.39 is 0 Å². The van der Waals surface area contributed by atoms with E-state index >= 15 is 0 Å². The van der Waals surface area contributed by atoms with E-state index in [0.717, 1.165) is 5.76 Å². The van der Waals surface area contributed by atoms with Crippen molar-refractivity contribution in [3.8, 4) is 0 Å². The topological polar surface area (TPSA) is 65.7 Å². The molecule has 0 bridgehead atoms. The minimum Gasteiger partial charge on any atom is -0.443 e. The highest BCUT2D eigenvalue weighted by Gasteiger charge is 2.19. The molecule has 0 spiro atoms. The first-order chi connectivity index (χ1) is 11.8. The first-order valence-corrected chi connectivity index (χ1v) is 8.45. The van der Waals surface area contributed by atoms with E-state index in [1.165, 1.54) is 11.3 Å². The summed E-state index contributed by atoms with van der Waals surface area (Å²) in [5.41, 5.74) is 2.33. The van der Waals surface area contributed by atoms with Gasteiger partial charge in [0, 0.05) is 38.8 Å². The van der Waals surface area contributed by atoms with Crippen molar-refractivity contribution in [3.05, 3.63) is 47.7 Å². The quantitative estimate of drug-likeness (QED) is 0.397. The van der Waals surface area contributed by atoms with Crippen LogP contribution in [0.1, 0.15) is 38.0 Å². The van der Waals surface area contributed by atoms with Gasteiger partial charge in [-0.05, 0) is 17.7 Å². The van der Waals surface area contributed by atoms with Crippen molar-refractivity contribution >= 4 is 35.6 Å². The average Bonchev–Trinajstić information content (AvgIpc) is 3.04. The summed E-state index contributed by atoms with van der Waals surface area (Å²) in [7, 11) is 5.83. The van der Waals surface area contributed by atoms with Crippen molar-refractivity contribution in [2.24, 2.45) is 4.99 Å². The maximum absolute atomic E-state index is 5.79. The Hall–Kier alpha value is -1.77. The maximum atomic E-state index is 5.79. The smallest absolute Gasteiger partial charge is 0.213 e. The standard InChI is InChI=1S/C19H29N5O.HI/c1-19(2,3)16-12-21-17(25-16)13-23-18(20-4)22-11-14-8-7-9-15(10-14)24(5)6;/h7-10,12H,11,13H2,1-6H3,(H2,20,22,23);1H. The second-order valence-electron chi connectivity index (χ2n) is 7.21. The molecule has 0 unspecified atom stereocenters. The lowest BCUT2D eigenvalue weighted by Crippen LogP contribution is -2.36. The number of nitrogens with zero attached hydrogens (tertiary/aromatic N) is 3. The molecule has 0 saturated heterocycles. The van der Waals surface area contributed by atoms with E-state index in [9.17, 15) is 0 Å². The van der Waals surface area contributed by atoms with E-state index in [2.05, 4.69) is 70.5 Å². The summed E-state index contributed by atoms with van der Waals surface area (Å²) >= 11 is 0. The van der Waals surface area contributed by atoms with Gasteiger partial charge in [-0.3, -0.25) is 4.99 Å². The molecule has 1 aromatic carbocycles. The van der Waals surface area contributed by atoms with Gasteiger partial charge >= 0.3 is 0 Å².